The lowest BCUT2D eigenvalue weighted by atomic mass is 9.69. The Kier molecular flexibility index (Phi) is 8.89. The number of nitrogens with one attached hydrogen (secondary N) is 1. The summed E-state index contributed by atoms with van der Waals surface area (Å²) in [4.78, 5) is 31.6. The highest BCUT2D eigenvalue weighted by Crippen LogP contribution is 2.46. The first kappa shape index (κ1) is 32.5. The molecule has 7 rings (SSSR count). The summed E-state index contributed by atoms with van der Waals surface area (Å²) in [7, 11) is -2.36. The van der Waals surface area contributed by atoms with E-state index in [1.54, 1.807) is 36.3 Å². The average Bonchev–Trinajstić information content (AvgIpc) is 3.20. The van der Waals surface area contributed by atoms with Crippen molar-refractivity contribution in [3.05, 3.63) is 100 Å². The molecule has 0 radical (unpaired) electrons. The number of hydrogen-bond donors (Lipinski definition) is 1. The van der Waals surface area contributed by atoms with Gasteiger partial charge in [0.2, 0.25) is 15.9 Å². The van der Waals surface area contributed by atoms with Crippen molar-refractivity contribution in [2.24, 2.45) is 11.8 Å². The van der Waals surface area contributed by atoms with Crippen LogP contribution in [-0.2, 0) is 33.2 Å². The number of ether oxygens (including phenoxy) is 2. The van der Waals surface area contributed by atoms with Gasteiger partial charge in [-0.2, -0.15) is 0 Å². The van der Waals surface area contributed by atoms with Crippen molar-refractivity contribution in [1.29, 1.82) is 0 Å². The van der Waals surface area contributed by atoms with E-state index < -0.39 is 15.9 Å². The largest absolute Gasteiger partial charge is 0.497 e. The van der Waals surface area contributed by atoms with Gasteiger partial charge in [0.15, 0.2) is 0 Å². The SMILES string of the molecule is COc1ccc(CN2C/C=C\CS(=O)(=O)NC(=O)c3ccc4c(c3)N(C[C@@H]3CC[C@H]3C2=O)C[C@@]2(CCCc3cc(Cl)ccc32)CO4)cc1. The van der Waals surface area contributed by atoms with Crippen molar-refractivity contribution in [3.63, 3.8) is 0 Å². The van der Waals surface area contributed by atoms with E-state index >= 15 is 0 Å². The Labute approximate surface area is 286 Å². The van der Waals surface area contributed by atoms with E-state index in [1.807, 2.05) is 30.3 Å². The van der Waals surface area contributed by atoms with Crippen LogP contribution in [0.1, 0.15) is 52.7 Å². The number of sulfonamides is 1. The molecule has 9 nitrogen and oxygen atoms in total. The summed E-state index contributed by atoms with van der Waals surface area (Å²) in [6, 6.07) is 18.8. The number of nitrogens with zero attached hydrogens (tertiary/aromatic N) is 2. The van der Waals surface area contributed by atoms with E-state index in [2.05, 4.69) is 21.8 Å². The predicted molar refractivity (Wildman–Crippen MR) is 185 cm³/mol. The molecule has 252 valence electrons. The number of rotatable bonds is 3. The summed E-state index contributed by atoms with van der Waals surface area (Å²) < 4.78 is 40.0. The highest BCUT2D eigenvalue weighted by molar-refractivity contribution is 7.90. The van der Waals surface area contributed by atoms with Crippen LogP contribution in [0.2, 0.25) is 5.02 Å². The zero-order valence-electron chi connectivity index (χ0n) is 27.0. The first-order chi connectivity index (χ1) is 23.1. The average molecular weight is 690 g/mol. The van der Waals surface area contributed by atoms with Gasteiger partial charge < -0.3 is 19.3 Å². The Balaban J connectivity index is 1.26. The molecule has 2 aliphatic carbocycles. The van der Waals surface area contributed by atoms with Crippen LogP contribution in [0.15, 0.2) is 72.8 Å². The van der Waals surface area contributed by atoms with Gasteiger partial charge in [-0.05, 0) is 97.2 Å². The third-order valence-electron chi connectivity index (χ3n) is 10.4. The van der Waals surface area contributed by atoms with Crippen molar-refractivity contribution >= 4 is 39.1 Å². The van der Waals surface area contributed by atoms with E-state index in [9.17, 15) is 18.0 Å². The molecule has 1 fully saturated rings. The number of benzene rings is 3. The maximum Gasteiger partial charge on any atom is 0.264 e. The van der Waals surface area contributed by atoms with Crippen molar-refractivity contribution in [1.82, 2.24) is 9.62 Å². The van der Waals surface area contributed by atoms with Gasteiger partial charge in [-0.1, -0.05) is 42.0 Å². The summed E-state index contributed by atoms with van der Waals surface area (Å²) in [5.41, 5.74) is 4.05. The van der Waals surface area contributed by atoms with E-state index in [-0.39, 0.29) is 41.0 Å². The Morgan fingerprint density at radius 1 is 1.04 bits per heavy atom. The molecule has 2 heterocycles. The summed E-state index contributed by atoms with van der Waals surface area (Å²) in [5.74, 6) is 0.273. The van der Waals surface area contributed by atoms with E-state index in [1.165, 1.54) is 17.2 Å². The van der Waals surface area contributed by atoms with Crippen LogP contribution in [0, 0.1) is 11.8 Å². The summed E-state index contributed by atoms with van der Waals surface area (Å²) >= 11 is 6.42. The highest BCUT2D eigenvalue weighted by Gasteiger charge is 2.45. The van der Waals surface area contributed by atoms with Crippen LogP contribution in [0.5, 0.6) is 11.5 Å². The van der Waals surface area contributed by atoms with Gasteiger partial charge in [0, 0.05) is 48.1 Å². The van der Waals surface area contributed by atoms with Crippen molar-refractivity contribution in [2.45, 2.75) is 44.1 Å². The van der Waals surface area contributed by atoms with Crippen molar-refractivity contribution in [3.8, 4) is 11.5 Å². The fraction of sp³-hybridized carbons (Fsp3) is 0.405. The molecule has 3 aromatic carbocycles. The minimum absolute atomic E-state index is 0.0578. The van der Waals surface area contributed by atoms with Crippen LogP contribution < -0.4 is 19.1 Å². The van der Waals surface area contributed by atoms with Crippen LogP contribution in [0.25, 0.3) is 0 Å². The monoisotopic (exact) mass is 689 g/mol. The van der Waals surface area contributed by atoms with Gasteiger partial charge in [0.1, 0.15) is 11.5 Å². The Morgan fingerprint density at radius 2 is 1.88 bits per heavy atom. The topological polar surface area (TPSA) is 105 Å². The second kappa shape index (κ2) is 13.1. The van der Waals surface area contributed by atoms with Crippen molar-refractivity contribution in [2.75, 3.05) is 44.0 Å². The van der Waals surface area contributed by atoms with Gasteiger partial charge in [0.25, 0.3) is 5.91 Å². The molecule has 48 heavy (non-hydrogen) atoms. The predicted octanol–water partition coefficient (Wildman–Crippen LogP) is 5.51. The number of amides is 2. The van der Waals surface area contributed by atoms with Gasteiger partial charge in [0.05, 0.1) is 25.2 Å². The molecule has 2 amide bonds. The number of anilines is 1. The first-order valence-corrected chi connectivity index (χ1v) is 18.6. The zero-order chi connectivity index (χ0) is 33.5. The number of carbonyl (C=O) groups is 2. The van der Waals surface area contributed by atoms with Crippen LogP contribution in [0.4, 0.5) is 5.69 Å². The van der Waals surface area contributed by atoms with Crippen LogP contribution in [-0.4, -0.2) is 64.2 Å². The lowest BCUT2D eigenvalue weighted by Gasteiger charge is -2.45. The standard InChI is InChI=1S/C37H40ClN3O6S/c1-46-30-11-6-25(7-12-30)21-40-17-2-3-18-48(44,45)39-35(42)27-9-15-34-33(20-27)41(22-28-8-13-31(28)36(40)43)23-37(24-47-34)16-4-5-26-19-29(38)10-14-32(26)37/h2-3,6-7,9-12,14-15,19-20,28,31H,4-5,8,13,16-18,21-24H2,1H3,(H,39,42)/b3-2-/t28-,31+,37-/m0/s1. The number of hydrogen-bond acceptors (Lipinski definition) is 7. The maximum absolute atomic E-state index is 14.2. The van der Waals surface area contributed by atoms with E-state index in [0.717, 1.165) is 49.1 Å². The molecule has 1 saturated carbocycles. The minimum atomic E-state index is -3.97. The molecule has 2 bridgehead atoms. The number of aryl methyl sites for hydroxylation is 1. The molecular weight excluding hydrogens is 650 g/mol. The third-order valence-corrected chi connectivity index (χ3v) is 11.8. The Bertz CT molecular complexity index is 1860. The molecule has 4 aliphatic rings. The number of fused-ring (bicyclic) bond motifs is 4. The minimum Gasteiger partial charge on any atom is -0.497 e. The lowest BCUT2D eigenvalue weighted by Crippen LogP contribution is -2.51. The third kappa shape index (κ3) is 6.52. The second-order valence-corrected chi connectivity index (χ2v) is 15.7. The normalized spacial score (nSPS) is 25.9. The fourth-order valence-electron chi connectivity index (χ4n) is 7.71. The molecule has 1 N–H and O–H groups in total. The Hall–Kier alpha value is -4.02. The fourth-order valence-corrected chi connectivity index (χ4v) is 8.78. The molecule has 0 saturated heterocycles. The van der Waals surface area contributed by atoms with Gasteiger partial charge in [-0.15, -0.1) is 0 Å². The van der Waals surface area contributed by atoms with Crippen LogP contribution >= 0.6 is 11.6 Å². The number of methoxy groups -OCH3 is 1. The molecule has 11 heteroatoms. The van der Waals surface area contributed by atoms with Crippen LogP contribution in [0.3, 0.4) is 0 Å². The first-order valence-electron chi connectivity index (χ1n) is 16.6. The number of carbonyl (C=O) groups excluding carboxylic acids is 2. The molecule has 0 unspecified atom stereocenters. The zero-order valence-corrected chi connectivity index (χ0v) is 28.6. The second-order valence-electron chi connectivity index (χ2n) is 13.5. The molecule has 0 aromatic heterocycles. The smallest absolute Gasteiger partial charge is 0.264 e. The number of halogens is 1. The molecule has 1 spiro atoms. The van der Waals surface area contributed by atoms with Crippen molar-refractivity contribution < 1.29 is 27.5 Å². The van der Waals surface area contributed by atoms with E-state index in [0.29, 0.717) is 37.0 Å². The maximum atomic E-state index is 14.2. The van der Waals surface area contributed by atoms with E-state index in [4.69, 9.17) is 21.1 Å². The molecular formula is C37H40ClN3O6S. The van der Waals surface area contributed by atoms with Gasteiger partial charge in [-0.25, -0.2) is 13.1 Å². The Morgan fingerprint density at radius 3 is 2.65 bits per heavy atom. The summed E-state index contributed by atoms with van der Waals surface area (Å²) in [5, 5.41) is 0.712. The summed E-state index contributed by atoms with van der Waals surface area (Å²) in [6.07, 6.45) is 7.74. The molecule has 3 atom stereocenters. The molecule has 3 aromatic rings. The quantitative estimate of drug-likeness (QED) is 0.362. The highest BCUT2D eigenvalue weighted by atomic mass is 35.5. The van der Waals surface area contributed by atoms with Gasteiger partial charge >= 0.3 is 0 Å². The summed E-state index contributed by atoms with van der Waals surface area (Å²) in [6.45, 7) is 2.33. The van der Waals surface area contributed by atoms with Gasteiger partial charge in [-0.3, -0.25) is 9.59 Å². The molecule has 2 aliphatic heterocycles. The lowest BCUT2D eigenvalue weighted by molar-refractivity contribution is -0.141.